The Kier molecular flexibility index (Phi) is 5.35. The number of hydroxylamine groups is 2. The summed E-state index contributed by atoms with van der Waals surface area (Å²) >= 11 is 0. The molecule has 1 saturated heterocycles. The zero-order chi connectivity index (χ0) is 21.4. The SMILES string of the molecule is CC1(C)CC(N=Cc2ccc(/C=C/c3nc4ccccc4o3)cc2)CC(C)(C)N1[O]. The maximum atomic E-state index is 12.5. The van der Waals surface area contributed by atoms with Gasteiger partial charge in [0.25, 0.3) is 0 Å². The van der Waals surface area contributed by atoms with E-state index in [1.54, 1.807) is 0 Å². The Balaban J connectivity index is 1.42. The van der Waals surface area contributed by atoms with Gasteiger partial charge in [-0.15, -0.1) is 10.3 Å². The van der Waals surface area contributed by atoms with Gasteiger partial charge < -0.3 is 4.42 Å². The average molecular weight is 403 g/mol. The van der Waals surface area contributed by atoms with E-state index < -0.39 is 11.1 Å². The lowest BCUT2D eigenvalue weighted by Crippen LogP contribution is -2.59. The van der Waals surface area contributed by atoms with E-state index in [2.05, 4.69) is 17.1 Å². The number of nitrogens with zero attached hydrogens (tertiary/aromatic N) is 3. The molecule has 2 aromatic carbocycles. The first kappa shape index (κ1) is 20.5. The third-order valence-electron chi connectivity index (χ3n) is 5.67. The fourth-order valence-electron chi connectivity index (χ4n) is 4.33. The fourth-order valence-corrected chi connectivity index (χ4v) is 4.33. The van der Waals surface area contributed by atoms with Crippen molar-refractivity contribution in [1.82, 2.24) is 10.0 Å². The van der Waals surface area contributed by atoms with Crippen molar-refractivity contribution in [1.29, 1.82) is 0 Å². The van der Waals surface area contributed by atoms with E-state index in [-0.39, 0.29) is 6.04 Å². The molecule has 1 radical (unpaired) electrons. The summed E-state index contributed by atoms with van der Waals surface area (Å²) in [5.74, 6) is 0.594. The molecule has 155 valence electrons. The third kappa shape index (κ3) is 4.37. The van der Waals surface area contributed by atoms with Gasteiger partial charge in [0, 0.05) is 23.4 Å². The quantitative estimate of drug-likeness (QED) is 0.519. The number of aromatic nitrogens is 1. The number of rotatable bonds is 4. The van der Waals surface area contributed by atoms with E-state index in [1.807, 2.05) is 82.5 Å². The van der Waals surface area contributed by atoms with Crippen LogP contribution in [0.4, 0.5) is 0 Å². The normalized spacial score (nSPS) is 19.9. The maximum absolute atomic E-state index is 12.5. The smallest absolute Gasteiger partial charge is 0.220 e. The number of benzene rings is 2. The number of aliphatic imine (C=N–C) groups is 1. The molecular formula is C25H28N3O2. The molecular weight excluding hydrogens is 374 g/mol. The van der Waals surface area contributed by atoms with Crippen LogP contribution in [0, 0.1) is 0 Å². The summed E-state index contributed by atoms with van der Waals surface area (Å²) in [6.45, 7) is 8.01. The molecule has 2 heterocycles. The van der Waals surface area contributed by atoms with Crippen molar-refractivity contribution in [3.63, 3.8) is 0 Å². The second kappa shape index (κ2) is 7.82. The predicted octanol–water partition coefficient (Wildman–Crippen LogP) is 5.78. The van der Waals surface area contributed by atoms with Crippen LogP contribution in [0.1, 0.15) is 57.6 Å². The van der Waals surface area contributed by atoms with Gasteiger partial charge in [-0.2, -0.15) is 0 Å². The van der Waals surface area contributed by atoms with Gasteiger partial charge in [0.2, 0.25) is 5.89 Å². The molecule has 0 amide bonds. The molecule has 30 heavy (non-hydrogen) atoms. The second-order valence-corrected chi connectivity index (χ2v) is 9.28. The topological polar surface area (TPSA) is 61.5 Å². The van der Waals surface area contributed by atoms with Gasteiger partial charge in [0.1, 0.15) is 5.52 Å². The van der Waals surface area contributed by atoms with Gasteiger partial charge in [-0.05, 0) is 69.9 Å². The molecule has 1 fully saturated rings. The number of piperidine rings is 1. The van der Waals surface area contributed by atoms with Crippen LogP contribution < -0.4 is 0 Å². The highest BCUT2D eigenvalue weighted by molar-refractivity contribution is 5.81. The summed E-state index contributed by atoms with van der Waals surface area (Å²) in [7, 11) is 0. The van der Waals surface area contributed by atoms with Gasteiger partial charge in [-0.25, -0.2) is 4.98 Å². The Labute approximate surface area is 177 Å². The number of para-hydroxylation sites is 2. The van der Waals surface area contributed by atoms with E-state index in [4.69, 9.17) is 9.41 Å². The van der Waals surface area contributed by atoms with Crippen LogP contribution in [0.3, 0.4) is 0 Å². The Hall–Kier alpha value is -2.76. The first-order valence-corrected chi connectivity index (χ1v) is 10.4. The largest absolute Gasteiger partial charge is 0.437 e. The summed E-state index contributed by atoms with van der Waals surface area (Å²) in [6.07, 6.45) is 7.32. The molecule has 5 heteroatoms. The van der Waals surface area contributed by atoms with Crippen molar-refractivity contribution < 1.29 is 9.62 Å². The molecule has 0 N–H and O–H groups in total. The van der Waals surface area contributed by atoms with E-state index in [1.165, 1.54) is 5.06 Å². The number of fused-ring (bicyclic) bond motifs is 1. The van der Waals surface area contributed by atoms with Gasteiger partial charge >= 0.3 is 0 Å². The monoisotopic (exact) mass is 402 g/mol. The van der Waals surface area contributed by atoms with Crippen molar-refractivity contribution in [3.8, 4) is 0 Å². The summed E-state index contributed by atoms with van der Waals surface area (Å²) in [5, 5.41) is 13.7. The lowest BCUT2D eigenvalue weighted by Gasteiger charge is -2.48. The lowest BCUT2D eigenvalue weighted by atomic mass is 9.79. The summed E-state index contributed by atoms with van der Waals surface area (Å²) in [6, 6.07) is 16.1. The van der Waals surface area contributed by atoms with Crippen molar-refractivity contribution in [2.24, 2.45) is 4.99 Å². The van der Waals surface area contributed by atoms with Gasteiger partial charge in [-0.1, -0.05) is 36.4 Å². The van der Waals surface area contributed by atoms with E-state index in [0.717, 1.165) is 35.1 Å². The lowest BCUT2D eigenvalue weighted by molar-refractivity contribution is -0.288. The van der Waals surface area contributed by atoms with Gasteiger partial charge in [0.15, 0.2) is 5.58 Å². The van der Waals surface area contributed by atoms with Crippen LogP contribution in [0.15, 0.2) is 57.9 Å². The molecule has 0 bridgehead atoms. The summed E-state index contributed by atoms with van der Waals surface area (Å²) in [5.41, 5.74) is 2.97. The van der Waals surface area contributed by atoms with Crippen LogP contribution in [-0.2, 0) is 5.21 Å². The molecule has 0 aliphatic carbocycles. The highest BCUT2D eigenvalue weighted by atomic mass is 16.5. The van der Waals surface area contributed by atoms with E-state index >= 15 is 0 Å². The fraction of sp³-hybridized carbons (Fsp3) is 0.360. The Morgan fingerprint density at radius 3 is 2.27 bits per heavy atom. The number of oxazole rings is 1. The van der Waals surface area contributed by atoms with Gasteiger partial charge in [0.05, 0.1) is 6.04 Å². The minimum atomic E-state index is -0.400. The number of hydrogen-bond donors (Lipinski definition) is 0. The summed E-state index contributed by atoms with van der Waals surface area (Å²) in [4.78, 5) is 9.25. The maximum Gasteiger partial charge on any atom is 0.220 e. The van der Waals surface area contributed by atoms with E-state index in [9.17, 15) is 5.21 Å². The molecule has 0 spiro atoms. The molecule has 0 atom stereocenters. The molecule has 3 aromatic rings. The van der Waals surface area contributed by atoms with Crippen LogP contribution in [0.2, 0.25) is 0 Å². The van der Waals surface area contributed by atoms with Gasteiger partial charge in [-0.3, -0.25) is 4.99 Å². The Bertz CT molecular complexity index is 1030. The molecule has 1 aliphatic heterocycles. The van der Waals surface area contributed by atoms with Crippen LogP contribution in [0.5, 0.6) is 0 Å². The molecule has 5 nitrogen and oxygen atoms in total. The summed E-state index contributed by atoms with van der Waals surface area (Å²) < 4.78 is 5.72. The highest BCUT2D eigenvalue weighted by Crippen LogP contribution is 2.38. The van der Waals surface area contributed by atoms with Crippen molar-refractivity contribution in [2.45, 2.75) is 57.7 Å². The second-order valence-electron chi connectivity index (χ2n) is 9.28. The molecule has 0 saturated carbocycles. The Morgan fingerprint density at radius 2 is 1.60 bits per heavy atom. The predicted molar refractivity (Wildman–Crippen MR) is 121 cm³/mol. The third-order valence-corrected chi connectivity index (χ3v) is 5.67. The van der Waals surface area contributed by atoms with Crippen LogP contribution in [-0.4, -0.2) is 33.4 Å². The standard InChI is InChI=1S/C25H28N3O2/c1-24(2)15-20(16-25(3,4)28(24)29)26-17-19-11-9-18(10-12-19)13-14-23-27-21-7-5-6-8-22(21)30-23/h5-14,17,20H,15-16H2,1-4H3/b14-13+,26-17?. The molecule has 1 aromatic heterocycles. The van der Waals surface area contributed by atoms with Crippen LogP contribution in [0.25, 0.3) is 23.3 Å². The molecule has 0 unspecified atom stereocenters. The van der Waals surface area contributed by atoms with Crippen LogP contribution >= 0.6 is 0 Å². The molecule has 1 aliphatic rings. The minimum Gasteiger partial charge on any atom is -0.437 e. The van der Waals surface area contributed by atoms with E-state index in [0.29, 0.717) is 5.89 Å². The Morgan fingerprint density at radius 1 is 0.967 bits per heavy atom. The number of hydrogen-bond acceptors (Lipinski definition) is 4. The highest BCUT2D eigenvalue weighted by Gasteiger charge is 2.45. The average Bonchev–Trinajstić information content (AvgIpc) is 3.12. The van der Waals surface area contributed by atoms with Crippen molar-refractivity contribution in [3.05, 3.63) is 65.5 Å². The first-order valence-electron chi connectivity index (χ1n) is 10.4. The van der Waals surface area contributed by atoms with Crippen molar-refractivity contribution >= 4 is 29.5 Å². The first-order chi connectivity index (χ1) is 14.2. The minimum absolute atomic E-state index is 0.152. The molecule has 4 rings (SSSR count). The zero-order valence-electron chi connectivity index (χ0n) is 18.0. The zero-order valence-corrected chi connectivity index (χ0v) is 18.0. The van der Waals surface area contributed by atoms with Crippen molar-refractivity contribution in [2.75, 3.05) is 0 Å².